The fourth-order valence-electron chi connectivity index (χ4n) is 5.45. The molecule has 0 aliphatic heterocycles. The number of rotatable bonds is 13. The molecule has 0 aromatic heterocycles. The van der Waals surface area contributed by atoms with Crippen molar-refractivity contribution >= 4 is 5.97 Å². The summed E-state index contributed by atoms with van der Waals surface area (Å²) < 4.78 is 17.0. The van der Waals surface area contributed by atoms with Gasteiger partial charge < -0.3 is 19.5 Å². The van der Waals surface area contributed by atoms with E-state index in [4.69, 9.17) is 14.2 Å². The highest BCUT2D eigenvalue weighted by atomic mass is 16.5. The first kappa shape index (κ1) is 28.4. The van der Waals surface area contributed by atoms with Crippen LogP contribution in [0, 0.1) is 11.3 Å². The standard InChI is InChI=1S/C31H45NO4/c1-22(28-15-11-10-14-26(28)19-30(2,3)29(33)35-7)36-21-27(34-6)20-32-31(4,5)18-23-16-24-12-8-9-13-25(24)17-23/h8-15,22-23,27,32H,16-21H2,1-7H3/t22-,27?/m1/s1. The van der Waals surface area contributed by atoms with Crippen LogP contribution >= 0.6 is 0 Å². The van der Waals surface area contributed by atoms with Gasteiger partial charge in [-0.05, 0) is 88.5 Å². The highest BCUT2D eigenvalue weighted by Gasteiger charge is 2.31. The Balaban J connectivity index is 1.51. The fraction of sp³-hybridized carbons (Fsp3) is 0.581. The molecule has 1 unspecified atom stereocenters. The van der Waals surface area contributed by atoms with Gasteiger partial charge in [-0.3, -0.25) is 4.79 Å². The van der Waals surface area contributed by atoms with Gasteiger partial charge in [0.25, 0.3) is 0 Å². The molecule has 0 saturated carbocycles. The summed E-state index contributed by atoms with van der Waals surface area (Å²) in [4.78, 5) is 12.2. The number of carbonyl (C=O) groups excluding carboxylic acids is 1. The lowest BCUT2D eigenvalue weighted by atomic mass is 9.83. The summed E-state index contributed by atoms with van der Waals surface area (Å²) in [5, 5.41) is 3.73. The van der Waals surface area contributed by atoms with Gasteiger partial charge in [-0.15, -0.1) is 0 Å². The van der Waals surface area contributed by atoms with E-state index in [2.05, 4.69) is 62.5 Å². The second-order valence-electron chi connectivity index (χ2n) is 11.6. The smallest absolute Gasteiger partial charge is 0.311 e. The van der Waals surface area contributed by atoms with Gasteiger partial charge in [-0.25, -0.2) is 0 Å². The van der Waals surface area contributed by atoms with Crippen LogP contribution in [0.2, 0.25) is 0 Å². The molecule has 0 radical (unpaired) electrons. The maximum Gasteiger partial charge on any atom is 0.311 e. The number of hydrogen-bond acceptors (Lipinski definition) is 5. The molecule has 5 heteroatoms. The van der Waals surface area contributed by atoms with Gasteiger partial charge in [-0.1, -0.05) is 48.5 Å². The first-order chi connectivity index (χ1) is 17.0. The van der Waals surface area contributed by atoms with E-state index in [0.29, 0.717) is 18.9 Å². The summed E-state index contributed by atoms with van der Waals surface area (Å²) in [6, 6.07) is 17.0. The summed E-state index contributed by atoms with van der Waals surface area (Å²) in [6.07, 6.45) is 3.89. The molecule has 0 saturated heterocycles. The molecular weight excluding hydrogens is 450 g/mol. The van der Waals surface area contributed by atoms with E-state index in [0.717, 1.165) is 24.1 Å². The molecule has 2 atom stereocenters. The molecule has 198 valence electrons. The summed E-state index contributed by atoms with van der Waals surface area (Å²) in [5.74, 6) is 0.466. The van der Waals surface area contributed by atoms with Gasteiger partial charge in [0.05, 0.1) is 31.3 Å². The fourth-order valence-corrected chi connectivity index (χ4v) is 5.45. The number of hydrogen-bond donors (Lipinski definition) is 1. The Labute approximate surface area is 217 Å². The average molecular weight is 496 g/mol. The molecule has 0 bridgehead atoms. The number of methoxy groups -OCH3 is 2. The minimum Gasteiger partial charge on any atom is -0.469 e. The Morgan fingerprint density at radius 3 is 2.22 bits per heavy atom. The van der Waals surface area contributed by atoms with E-state index in [1.165, 1.54) is 31.1 Å². The largest absolute Gasteiger partial charge is 0.469 e. The number of carbonyl (C=O) groups is 1. The summed E-state index contributed by atoms with van der Waals surface area (Å²) >= 11 is 0. The van der Waals surface area contributed by atoms with E-state index >= 15 is 0 Å². The van der Waals surface area contributed by atoms with Crippen LogP contribution in [0.3, 0.4) is 0 Å². The first-order valence-electron chi connectivity index (χ1n) is 13.2. The number of esters is 1. The zero-order chi connectivity index (χ0) is 26.3. The summed E-state index contributed by atoms with van der Waals surface area (Å²) in [5.41, 5.74) is 4.62. The molecular formula is C31H45NO4. The van der Waals surface area contributed by atoms with Crippen LogP contribution in [0.1, 0.15) is 69.4 Å². The lowest BCUT2D eigenvalue weighted by molar-refractivity contribution is -0.150. The molecule has 1 aliphatic rings. The molecule has 2 aromatic rings. The molecule has 0 amide bonds. The Kier molecular flexibility index (Phi) is 9.73. The Bertz CT molecular complexity index is 975. The Morgan fingerprint density at radius 2 is 1.61 bits per heavy atom. The van der Waals surface area contributed by atoms with Crippen molar-refractivity contribution in [3.05, 3.63) is 70.8 Å². The number of fused-ring (bicyclic) bond motifs is 1. The third kappa shape index (κ3) is 7.64. The first-order valence-corrected chi connectivity index (χ1v) is 13.2. The number of benzene rings is 2. The molecule has 0 spiro atoms. The van der Waals surface area contributed by atoms with Crippen LogP contribution in [0.15, 0.2) is 48.5 Å². The van der Waals surface area contributed by atoms with Gasteiger partial charge in [-0.2, -0.15) is 0 Å². The van der Waals surface area contributed by atoms with Crippen molar-refractivity contribution in [2.45, 2.75) is 78.0 Å². The normalized spacial score (nSPS) is 16.0. The van der Waals surface area contributed by atoms with E-state index in [9.17, 15) is 4.79 Å². The molecule has 5 nitrogen and oxygen atoms in total. The molecule has 0 heterocycles. The van der Waals surface area contributed by atoms with Crippen molar-refractivity contribution in [3.63, 3.8) is 0 Å². The van der Waals surface area contributed by atoms with Crippen molar-refractivity contribution in [3.8, 4) is 0 Å². The molecule has 2 aromatic carbocycles. The monoisotopic (exact) mass is 495 g/mol. The highest BCUT2D eigenvalue weighted by molar-refractivity contribution is 5.76. The second-order valence-corrected chi connectivity index (χ2v) is 11.6. The van der Waals surface area contributed by atoms with E-state index < -0.39 is 5.41 Å². The highest BCUT2D eigenvalue weighted by Crippen LogP contribution is 2.32. The Morgan fingerprint density at radius 1 is 1.00 bits per heavy atom. The van der Waals surface area contributed by atoms with Gasteiger partial charge in [0, 0.05) is 19.2 Å². The third-order valence-corrected chi connectivity index (χ3v) is 7.47. The van der Waals surface area contributed by atoms with Crippen LogP contribution in [0.5, 0.6) is 0 Å². The third-order valence-electron chi connectivity index (χ3n) is 7.47. The number of ether oxygens (including phenoxy) is 3. The minimum atomic E-state index is -0.601. The average Bonchev–Trinajstić information content (AvgIpc) is 3.25. The second kappa shape index (κ2) is 12.4. The van der Waals surface area contributed by atoms with Crippen molar-refractivity contribution < 1.29 is 19.0 Å². The van der Waals surface area contributed by atoms with E-state index in [1.54, 1.807) is 7.11 Å². The zero-order valence-electron chi connectivity index (χ0n) is 23.2. The predicted molar refractivity (Wildman–Crippen MR) is 145 cm³/mol. The quantitative estimate of drug-likeness (QED) is 0.362. The van der Waals surface area contributed by atoms with Crippen molar-refractivity contribution in [1.29, 1.82) is 0 Å². The SMILES string of the molecule is COC(=O)C(C)(C)Cc1ccccc1[C@@H](C)OCC(CNC(C)(C)CC1Cc2ccccc2C1)OC. The lowest BCUT2D eigenvalue weighted by Crippen LogP contribution is -2.46. The van der Waals surface area contributed by atoms with Gasteiger partial charge in [0.1, 0.15) is 0 Å². The van der Waals surface area contributed by atoms with Crippen LogP contribution in [-0.2, 0) is 38.3 Å². The topological polar surface area (TPSA) is 56.8 Å². The summed E-state index contributed by atoms with van der Waals surface area (Å²) in [6.45, 7) is 11.7. The lowest BCUT2D eigenvalue weighted by Gasteiger charge is -2.31. The maximum absolute atomic E-state index is 12.2. The van der Waals surface area contributed by atoms with Crippen molar-refractivity contribution in [2.75, 3.05) is 27.4 Å². The molecule has 0 fully saturated rings. The Hall–Kier alpha value is -2.21. The summed E-state index contributed by atoms with van der Waals surface area (Å²) in [7, 11) is 3.18. The molecule has 36 heavy (non-hydrogen) atoms. The van der Waals surface area contributed by atoms with Crippen molar-refractivity contribution in [2.24, 2.45) is 11.3 Å². The molecule has 3 rings (SSSR count). The minimum absolute atomic E-state index is 0.0151. The van der Waals surface area contributed by atoms with Gasteiger partial charge in [0.15, 0.2) is 0 Å². The van der Waals surface area contributed by atoms with E-state index in [-0.39, 0.29) is 23.7 Å². The van der Waals surface area contributed by atoms with Crippen molar-refractivity contribution in [1.82, 2.24) is 5.32 Å². The predicted octanol–water partition coefficient (Wildman–Crippen LogP) is 5.69. The molecule has 1 N–H and O–H groups in total. The van der Waals surface area contributed by atoms with E-state index in [1.807, 2.05) is 26.0 Å². The van der Waals surface area contributed by atoms with Crippen LogP contribution in [-0.4, -0.2) is 45.0 Å². The van der Waals surface area contributed by atoms with Crippen LogP contribution in [0.4, 0.5) is 0 Å². The number of nitrogens with one attached hydrogen (secondary N) is 1. The van der Waals surface area contributed by atoms with Gasteiger partial charge in [0.2, 0.25) is 0 Å². The molecule has 1 aliphatic carbocycles. The maximum atomic E-state index is 12.2. The van der Waals surface area contributed by atoms with Crippen LogP contribution in [0.25, 0.3) is 0 Å². The van der Waals surface area contributed by atoms with Crippen LogP contribution < -0.4 is 5.32 Å². The zero-order valence-corrected chi connectivity index (χ0v) is 23.2. The van der Waals surface area contributed by atoms with Gasteiger partial charge >= 0.3 is 5.97 Å².